The van der Waals surface area contributed by atoms with E-state index in [0.717, 1.165) is 29.7 Å². The van der Waals surface area contributed by atoms with E-state index in [0.29, 0.717) is 0 Å². The number of nitrogen functional groups attached to an aromatic ring is 1. The Morgan fingerprint density at radius 3 is 2.67 bits per heavy atom. The first-order valence-electron chi connectivity index (χ1n) is 5.15. The molecule has 0 spiro atoms. The van der Waals surface area contributed by atoms with E-state index in [1.807, 2.05) is 32.0 Å². The van der Waals surface area contributed by atoms with Crippen LogP contribution in [0.15, 0.2) is 18.2 Å². The lowest BCUT2D eigenvalue weighted by molar-refractivity contribution is -0.121. The predicted octanol–water partition coefficient (Wildman–Crippen LogP) is 1.63. The molecule has 1 rings (SSSR count). The summed E-state index contributed by atoms with van der Waals surface area (Å²) in [6.07, 6.45) is 1.62. The molecule has 1 aromatic carbocycles. The Morgan fingerprint density at radius 2 is 2.13 bits per heavy atom. The van der Waals surface area contributed by atoms with Gasteiger partial charge in [0.1, 0.15) is 0 Å². The second kappa shape index (κ2) is 4.82. The van der Waals surface area contributed by atoms with Crippen molar-refractivity contribution in [3.63, 3.8) is 0 Å². The van der Waals surface area contributed by atoms with Crippen LogP contribution in [0.5, 0.6) is 0 Å². The maximum Gasteiger partial charge on any atom is 0.220 e. The van der Waals surface area contributed by atoms with Crippen LogP contribution in [0.4, 0.5) is 5.69 Å². The van der Waals surface area contributed by atoms with Crippen molar-refractivity contribution >= 4 is 11.6 Å². The van der Waals surface area contributed by atoms with Crippen LogP contribution in [0.1, 0.15) is 24.5 Å². The van der Waals surface area contributed by atoms with Crippen molar-refractivity contribution in [1.29, 1.82) is 0 Å². The number of hydrogen-bond donors (Lipinski definition) is 2. The number of amides is 1. The standard InChI is InChI=1S/C12H18N2O/c1-8-3-5-10(7-11(8)13)6-4-9(2)12(14)15/h3,5,7,9H,4,6,13H2,1-2H3,(H2,14,15)/t9-/m0/s1. The molecule has 0 saturated heterocycles. The number of nitrogens with two attached hydrogens (primary N) is 2. The van der Waals surface area contributed by atoms with Gasteiger partial charge in [-0.2, -0.15) is 0 Å². The molecule has 0 radical (unpaired) electrons. The Hall–Kier alpha value is -1.51. The fraction of sp³-hybridized carbons (Fsp3) is 0.417. The maximum absolute atomic E-state index is 10.8. The number of benzene rings is 1. The predicted molar refractivity (Wildman–Crippen MR) is 62.3 cm³/mol. The van der Waals surface area contributed by atoms with Crippen molar-refractivity contribution in [2.75, 3.05) is 5.73 Å². The van der Waals surface area contributed by atoms with E-state index in [-0.39, 0.29) is 11.8 Å². The van der Waals surface area contributed by atoms with Gasteiger partial charge in [-0.25, -0.2) is 0 Å². The Kier molecular flexibility index (Phi) is 3.72. The minimum absolute atomic E-state index is 0.0764. The number of carbonyl (C=O) groups is 1. The summed E-state index contributed by atoms with van der Waals surface area (Å²) in [6, 6.07) is 6.00. The molecule has 0 fully saturated rings. The van der Waals surface area contributed by atoms with Crippen molar-refractivity contribution in [1.82, 2.24) is 0 Å². The number of hydrogen-bond acceptors (Lipinski definition) is 2. The van der Waals surface area contributed by atoms with Crippen molar-refractivity contribution in [3.8, 4) is 0 Å². The monoisotopic (exact) mass is 206 g/mol. The molecule has 3 nitrogen and oxygen atoms in total. The van der Waals surface area contributed by atoms with Crippen LogP contribution in [0.25, 0.3) is 0 Å². The van der Waals surface area contributed by atoms with E-state index in [9.17, 15) is 4.79 Å². The van der Waals surface area contributed by atoms with Gasteiger partial charge >= 0.3 is 0 Å². The average molecular weight is 206 g/mol. The van der Waals surface area contributed by atoms with Crippen molar-refractivity contribution < 1.29 is 4.79 Å². The molecule has 0 aliphatic heterocycles. The van der Waals surface area contributed by atoms with Gasteiger partial charge in [-0.05, 0) is 37.0 Å². The quantitative estimate of drug-likeness (QED) is 0.735. The molecule has 0 saturated carbocycles. The van der Waals surface area contributed by atoms with Crippen LogP contribution in [-0.2, 0) is 11.2 Å². The molecule has 82 valence electrons. The third-order valence-corrected chi connectivity index (χ3v) is 2.70. The Balaban J connectivity index is 2.58. The third-order valence-electron chi connectivity index (χ3n) is 2.70. The van der Waals surface area contributed by atoms with Crippen LogP contribution in [0.3, 0.4) is 0 Å². The summed E-state index contributed by atoms with van der Waals surface area (Å²) in [4.78, 5) is 10.8. The van der Waals surface area contributed by atoms with Crippen LogP contribution in [0, 0.1) is 12.8 Å². The molecule has 1 amide bonds. The van der Waals surface area contributed by atoms with Crippen molar-refractivity contribution in [2.45, 2.75) is 26.7 Å². The zero-order valence-corrected chi connectivity index (χ0v) is 9.29. The van der Waals surface area contributed by atoms with Gasteiger partial charge < -0.3 is 11.5 Å². The average Bonchev–Trinajstić information content (AvgIpc) is 2.19. The zero-order chi connectivity index (χ0) is 11.4. The van der Waals surface area contributed by atoms with E-state index < -0.39 is 0 Å². The summed E-state index contributed by atoms with van der Waals surface area (Å²) in [7, 11) is 0. The highest BCUT2D eigenvalue weighted by Crippen LogP contribution is 2.15. The summed E-state index contributed by atoms with van der Waals surface area (Å²) < 4.78 is 0. The minimum atomic E-state index is -0.241. The second-order valence-corrected chi connectivity index (χ2v) is 4.03. The second-order valence-electron chi connectivity index (χ2n) is 4.03. The van der Waals surface area contributed by atoms with Crippen molar-refractivity contribution in [2.24, 2.45) is 11.7 Å². The molecule has 3 heteroatoms. The number of carbonyl (C=O) groups excluding carboxylic acids is 1. The van der Waals surface area contributed by atoms with Crippen LogP contribution in [-0.4, -0.2) is 5.91 Å². The summed E-state index contributed by atoms with van der Waals surface area (Å²) >= 11 is 0. The van der Waals surface area contributed by atoms with Gasteiger partial charge in [0.05, 0.1) is 0 Å². The van der Waals surface area contributed by atoms with Gasteiger partial charge in [0.2, 0.25) is 5.91 Å². The molecule has 0 aliphatic carbocycles. The van der Waals surface area contributed by atoms with Gasteiger partial charge in [0.15, 0.2) is 0 Å². The van der Waals surface area contributed by atoms with Crippen molar-refractivity contribution in [3.05, 3.63) is 29.3 Å². The summed E-state index contributed by atoms with van der Waals surface area (Å²) in [5.41, 5.74) is 14.0. The van der Waals surface area contributed by atoms with E-state index in [1.165, 1.54) is 0 Å². The van der Waals surface area contributed by atoms with Crippen LogP contribution >= 0.6 is 0 Å². The number of aryl methyl sites for hydroxylation is 2. The fourth-order valence-corrected chi connectivity index (χ4v) is 1.37. The SMILES string of the molecule is Cc1ccc(CC[C@H](C)C(N)=O)cc1N. The van der Waals surface area contributed by atoms with Crippen LogP contribution < -0.4 is 11.5 Å². The Bertz CT molecular complexity index is 361. The van der Waals surface area contributed by atoms with Gasteiger partial charge in [-0.15, -0.1) is 0 Å². The molecule has 0 heterocycles. The Morgan fingerprint density at radius 1 is 1.47 bits per heavy atom. The van der Waals surface area contributed by atoms with E-state index in [4.69, 9.17) is 11.5 Å². The molecular formula is C12H18N2O. The molecule has 15 heavy (non-hydrogen) atoms. The van der Waals surface area contributed by atoms with Crippen LogP contribution in [0.2, 0.25) is 0 Å². The lowest BCUT2D eigenvalue weighted by atomic mass is 9.99. The van der Waals surface area contributed by atoms with E-state index in [1.54, 1.807) is 0 Å². The summed E-state index contributed by atoms with van der Waals surface area (Å²) in [5, 5.41) is 0. The van der Waals surface area contributed by atoms with E-state index >= 15 is 0 Å². The lowest BCUT2D eigenvalue weighted by Crippen LogP contribution is -2.20. The first-order chi connectivity index (χ1) is 7.00. The number of anilines is 1. The highest BCUT2D eigenvalue weighted by molar-refractivity contribution is 5.76. The van der Waals surface area contributed by atoms with Gasteiger partial charge in [-0.1, -0.05) is 19.1 Å². The largest absolute Gasteiger partial charge is 0.399 e. The first-order valence-corrected chi connectivity index (χ1v) is 5.15. The molecular weight excluding hydrogens is 188 g/mol. The fourth-order valence-electron chi connectivity index (χ4n) is 1.37. The minimum Gasteiger partial charge on any atom is -0.399 e. The van der Waals surface area contributed by atoms with E-state index in [2.05, 4.69) is 0 Å². The zero-order valence-electron chi connectivity index (χ0n) is 9.29. The van der Waals surface area contributed by atoms with Gasteiger partial charge in [0.25, 0.3) is 0 Å². The molecule has 0 aromatic heterocycles. The summed E-state index contributed by atoms with van der Waals surface area (Å²) in [6.45, 7) is 3.82. The number of primary amides is 1. The highest BCUT2D eigenvalue weighted by atomic mass is 16.1. The Labute approximate surface area is 90.5 Å². The third kappa shape index (κ3) is 3.27. The molecule has 1 atom stereocenters. The molecule has 1 aromatic rings. The van der Waals surface area contributed by atoms with Gasteiger partial charge in [0, 0.05) is 11.6 Å². The molecule has 0 unspecified atom stereocenters. The maximum atomic E-state index is 10.8. The highest BCUT2D eigenvalue weighted by Gasteiger charge is 2.08. The number of rotatable bonds is 4. The van der Waals surface area contributed by atoms with Gasteiger partial charge in [-0.3, -0.25) is 4.79 Å². The first kappa shape index (κ1) is 11.6. The normalized spacial score (nSPS) is 12.4. The smallest absolute Gasteiger partial charge is 0.220 e. The topological polar surface area (TPSA) is 69.1 Å². The molecule has 0 bridgehead atoms. The summed E-state index contributed by atoms with van der Waals surface area (Å²) in [5.74, 6) is -0.317. The molecule has 0 aliphatic rings. The lowest BCUT2D eigenvalue weighted by Gasteiger charge is -2.08. The molecule has 4 N–H and O–H groups in total.